The Morgan fingerprint density at radius 3 is 1.40 bits per heavy atom. The fourth-order valence-corrected chi connectivity index (χ4v) is 18.3. The van der Waals surface area contributed by atoms with Crippen LogP contribution in [0.3, 0.4) is 0 Å². The summed E-state index contributed by atoms with van der Waals surface area (Å²) in [6.45, 7) is 15.8. The molecule has 0 aliphatic carbocycles. The fraction of sp³-hybridized carbons (Fsp3) is 1.00. The lowest BCUT2D eigenvalue weighted by molar-refractivity contribution is 0.122. The maximum atomic E-state index is 6.55. The first kappa shape index (κ1) is 25.7. The number of rotatable bonds is 14. The summed E-state index contributed by atoms with van der Waals surface area (Å²) in [5, 5.41) is 0. The second-order valence-corrected chi connectivity index (χ2v) is 24.5. The first-order chi connectivity index (χ1) is 11.3. The summed E-state index contributed by atoms with van der Waals surface area (Å²) in [6.07, 6.45) is 4.71. The highest BCUT2D eigenvalue weighted by Gasteiger charge is 2.38. The zero-order chi connectivity index (χ0) is 19.8. The number of unbranched alkanes of at least 4 members (excludes halogenated alkanes) is 3. The molecule has 152 valence electrons. The van der Waals surface area contributed by atoms with Gasteiger partial charge in [0.2, 0.25) is 0 Å². The standard InChI is InChI=1S/C16H42O5Si4/c1-17-25(18-2,19-3)16-14-12-11-13-15-23(7,8)21-24(9,10)20-22(4,5)6/h11-16H2,1-10H3. The molecule has 0 bridgehead atoms. The van der Waals surface area contributed by atoms with Crippen LogP contribution in [0.2, 0.25) is 57.9 Å². The smallest absolute Gasteiger partial charge is 0.437 e. The Hall–Kier alpha value is 0.668. The van der Waals surface area contributed by atoms with E-state index in [1.54, 1.807) is 21.3 Å². The number of hydrogen-bond donors (Lipinski definition) is 0. The molecular formula is C16H42O5Si4. The van der Waals surface area contributed by atoms with Crippen molar-refractivity contribution < 1.29 is 21.5 Å². The number of hydrogen-bond acceptors (Lipinski definition) is 5. The summed E-state index contributed by atoms with van der Waals surface area (Å²) in [6, 6.07) is 2.08. The highest BCUT2D eigenvalue weighted by atomic mass is 28.5. The van der Waals surface area contributed by atoms with E-state index < -0.39 is 34.0 Å². The summed E-state index contributed by atoms with van der Waals surface area (Å²) in [5.41, 5.74) is 0. The predicted molar refractivity (Wildman–Crippen MR) is 115 cm³/mol. The van der Waals surface area contributed by atoms with E-state index >= 15 is 0 Å². The van der Waals surface area contributed by atoms with Gasteiger partial charge in [0.05, 0.1) is 0 Å². The zero-order valence-electron chi connectivity index (χ0n) is 18.3. The molecule has 0 rings (SSSR count). The molecule has 0 aliphatic rings. The van der Waals surface area contributed by atoms with Crippen LogP contribution in [0.1, 0.15) is 25.7 Å². The Labute approximate surface area is 160 Å². The molecule has 0 radical (unpaired) electrons. The Morgan fingerprint density at radius 2 is 1.00 bits per heavy atom. The Morgan fingerprint density at radius 1 is 0.560 bits per heavy atom. The molecule has 9 heteroatoms. The highest BCUT2D eigenvalue weighted by molar-refractivity contribution is 6.87. The third kappa shape index (κ3) is 11.9. The van der Waals surface area contributed by atoms with Gasteiger partial charge in [0.15, 0.2) is 16.6 Å². The molecule has 0 aliphatic heterocycles. The first-order valence-electron chi connectivity index (χ1n) is 9.36. The van der Waals surface area contributed by atoms with Gasteiger partial charge in [-0.1, -0.05) is 19.3 Å². The van der Waals surface area contributed by atoms with Gasteiger partial charge in [0.25, 0.3) is 0 Å². The van der Waals surface area contributed by atoms with Crippen LogP contribution in [0.15, 0.2) is 0 Å². The van der Waals surface area contributed by atoms with Gasteiger partial charge in [-0.25, -0.2) is 0 Å². The van der Waals surface area contributed by atoms with Crippen molar-refractivity contribution in [3.63, 3.8) is 0 Å². The molecule has 0 aromatic heterocycles. The molecule has 0 fully saturated rings. The molecular weight excluding hydrogens is 385 g/mol. The fourth-order valence-electron chi connectivity index (χ4n) is 3.28. The van der Waals surface area contributed by atoms with Crippen LogP contribution >= 0.6 is 0 Å². The van der Waals surface area contributed by atoms with Gasteiger partial charge in [0.1, 0.15) is 0 Å². The van der Waals surface area contributed by atoms with Crippen molar-refractivity contribution in [3.05, 3.63) is 0 Å². The third-order valence-corrected chi connectivity index (χ3v) is 17.0. The molecule has 0 amide bonds. The monoisotopic (exact) mass is 426 g/mol. The average molecular weight is 427 g/mol. The van der Waals surface area contributed by atoms with E-state index in [9.17, 15) is 0 Å². The topological polar surface area (TPSA) is 46.2 Å². The Bertz CT molecular complexity index is 360. The van der Waals surface area contributed by atoms with Gasteiger partial charge in [-0.05, 0) is 58.3 Å². The molecule has 0 aromatic rings. The molecule has 0 atom stereocenters. The van der Waals surface area contributed by atoms with Crippen molar-refractivity contribution in [2.24, 2.45) is 0 Å². The lowest BCUT2D eigenvalue weighted by atomic mass is 10.2. The van der Waals surface area contributed by atoms with Crippen LogP contribution in [-0.4, -0.2) is 55.3 Å². The van der Waals surface area contributed by atoms with E-state index in [1.165, 1.54) is 25.3 Å². The summed E-state index contributed by atoms with van der Waals surface area (Å²) >= 11 is 0. The summed E-state index contributed by atoms with van der Waals surface area (Å²) < 4.78 is 29.3. The van der Waals surface area contributed by atoms with Crippen LogP contribution in [0.4, 0.5) is 0 Å². The normalized spacial score (nSPS) is 14.2. The van der Waals surface area contributed by atoms with Crippen LogP contribution < -0.4 is 0 Å². The van der Waals surface area contributed by atoms with Crippen LogP contribution in [-0.2, 0) is 21.5 Å². The molecule has 0 unspecified atom stereocenters. The van der Waals surface area contributed by atoms with E-state index in [-0.39, 0.29) is 0 Å². The average Bonchev–Trinajstić information content (AvgIpc) is 2.43. The Kier molecular flexibility index (Phi) is 11.2. The van der Waals surface area contributed by atoms with Crippen molar-refractivity contribution in [1.82, 2.24) is 0 Å². The molecule has 0 heterocycles. The Balaban J connectivity index is 4.15. The van der Waals surface area contributed by atoms with Crippen molar-refractivity contribution in [3.8, 4) is 0 Å². The van der Waals surface area contributed by atoms with E-state index in [0.29, 0.717) is 0 Å². The van der Waals surface area contributed by atoms with Gasteiger partial charge >= 0.3 is 17.4 Å². The molecule has 0 saturated carbocycles. The van der Waals surface area contributed by atoms with Crippen LogP contribution in [0.5, 0.6) is 0 Å². The van der Waals surface area contributed by atoms with E-state index in [1.807, 2.05) is 0 Å². The highest BCUT2D eigenvalue weighted by Crippen LogP contribution is 2.25. The van der Waals surface area contributed by atoms with Crippen LogP contribution in [0, 0.1) is 0 Å². The molecule has 0 spiro atoms. The van der Waals surface area contributed by atoms with E-state index in [0.717, 1.165) is 12.5 Å². The molecule has 0 N–H and O–H groups in total. The molecule has 0 saturated heterocycles. The largest absolute Gasteiger partial charge is 0.500 e. The van der Waals surface area contributed by atoms with Gasteiger partial charge in [-0.3, -0.25) is 0 Å². The van der Waals surface area contributed by atoms with Crippen molar-refractivity contribution in [2.75, 3.05) is 21.3 Å². The van der Waals surface area contributed by atoms with Gasteiger partial charge in [0, 0.05) is 27.4 Å². The minimum atomic E-state index is -2.39. The summed E-state index contributed by atoms with van der Waals surface area (Å²) in [4.78, 5) is 0. The molecule has 5 nitrogen and oxygen atoms in total. The minimum absolute atomic E-state index is 0.887. The second kappa shape index (κ2) is 10.9. The summed E-state index contributed by atoms with van der Waals surface area (Å²) in [5.74, 6) is 0. The molecule has 0 aromatic carbocycles. The maximum Gasteiger partial charge on any atom is 0.500 e. The van der Waals surface area contributed by atoms with E-state index in [2.05, 4.69) is 45.8 Å². The van der Waals surface area contributed by atoms with Crippen molar-refractivity contribution in [2.45, 2.75) is 83.6 Å². The van der Waals surface area contributed by atoms with E-state index in [4.69, 9.17) is 21.5 Å². The van der Waals surface area contributed by atoms with Crippen molar-refractivity contribution in [1.29, 1.82) is 0 Å². The van der Waals surface area contributed by atoms with Gasteiger partial charge in [-0.2, -0.15) is 0 Å². The quantitative estimate of drug-likeness (QED) is 0.282. The third-order valence-electron chi connectivity index (χ3n) is 4.02. The molecule has 25 heavy (non-hydrogen) atoms. The maximum absolute atomic E-state index is 6.55. The summed E-state index contributed by atoms with van der Waals surface area (Å²) in [7, 11) is -2.57. The first-order valence-corrected chi connectivity index (χ1v) is 20.6. The lowest BCUT2D eigenvalue weighted by Gasteiger charge is -2.37. The lowest BCUT2D eigenvalue weighted by Crippen LogP contribution is -2.51. The minimum Gasteiger partial charge on any atom is -0.437 e. The van der Waals surface area contributed by atoms with Crippen molar-refractivity contribution >= 4 is 34.0 Å². The SMILES string of the molecule is CO[Si](CCCCCC[Si](C)(C)O[Si](C)(C)O[Si](C)(C)C)(OC)OC. The van der Waals surface area contributed by atoms with Gasteiger partial charge < -0.3 is 21.5 Å². The van der Waals surface area contributed by atoms with Gasteiger partial charge in [-0.15, -0.1) is 0 Å². The zero-order valence-corrected chi connectivity index (χ0v) is 22.3. The van der Waals surface area contributed by atoms with Crippen LogP contribution in [0.25, 0.3) is 0 Å². The second-order valence-electron chi connectivity index (χ2n) is 8.69. The predicted octanol–water partition coefficient (Wildman–Crippen LogP) is 5.20.